The molecule has 136 valence electrons. The summed E-state index contributed by atoms with van der Waals surface area (Å²) >= 11 is 6.20. The Hall–Kier alpha value is -1.01. The minimum atomic E-state index is -0.533. The first kappa shape index (κ1) is 21.0. The average molecular weight is 377 g/mol. The smallest absolute Gasteiger partial charge is 0.241 e. The van der Waals surface area contributed by atoms with Crippen LogP contribution in [0.2, 0.25) is 5.02 Å². The van der Waals surface area contributed by atoms with Crippen LogP contribution in [0.4, 0.5) is 5.69 Å². The van der Waals surface area contributed by atoms with Gasteiger partial charge in [0.15, 0.2) is 0 Å². The summed E-state index contributed by atoms with van der Waals surface area (Å²) < 4.78 is 10.9. The van der Waals surface area contributed by atoms with Crippen molar-refractivity contribution in [2.75, 3.05) is 25.1 Å². The van der Waals surface area contributed by atoms with Crippen molar-refractivity contribution >= 4 is 35.6 Å². The highest BCUT2D eigenvalue weighted by Crippen LogP contribution is 2.28. The van der Waals surface area contributed by atoms with Gasteiger partial charge in [-0.05, 0) is 42.9 Å². The number of nitrogens with one attached hydrogen (secondary N) is 1. The standard InChI is InChI=1S/C17H25ClN2O3.ClH/c1-11(2)10-23-15-4-3-13(9-14(15)18)20-17(21)16(19)12-5-7-22-8-6-12;/h3-4,9,11-12,16H,5-8,10,19H2,1-2H3,(H,20,21);1H. The van der Waals surface area contributed by atoms with Gasteiger partial charge in [0.1, 0.15) is 5.75 Å². The van der Waals surface area contributed by atoms with Crippen molar-refractivity contribution in [1.82, 2.24) is 0 Å². The molecule has 5 nitrogen and oxygen atoms in total. The zero-order valence-corrected chi connectivity index (χ0v) is 15.7. The first-order valence-electron chi connectivity index (χ1n) is 8.04. The molecule has 1 fully saturated rings. The molecule has 7 heteroatoms. The Bertz CT molecular complexity index is 535. The van der Waals surface area contributed by atoms with Crippen molar-refractivity contribution in [3.8, 4) is 5.75 Å². The van der Waals surface area contributed by atoms with Gasteiger partial charge in [0.2, 0.25) is 5.91 Å². The third-order valence-corrected chi connectivity index (χ3v) is 4.14. The highest BCUT2D eigenvalue weighted by molar-refractivity contribution is 6.32. The summed E-state index contributed by atoms with van der Waals surface area (Å²) in [6.45, 7) is 6.07. The molecular weight excluding hydrogens is 351 g/mol. The lowest BCUT2D eigenvalue weighted by Crippen LogP contribution is -2.44. The molecule has 24 heavy (non-hydrogen) atoms. The molecule has 1 amide bonds. The van der Waals surface area contributed by atoms with Crippen LogP contribution in [0.15, 0.2) is 18.2 Å². The number of benzene rings is 1. The summed E-state index contributed by atoms with van der Waals surface area (Å²) in [5, 5.41) is 3.30. The number of hydrogen-bond acceptors (Lipinski definition) is 4. The van der Waals surface area contributed by atoms with Crippen molar-refractivity contribution in [1.29, 1.82) is 0 Å². The van der Waals surface area contributed by atoms with Gasteiger partial charge in [0.05, 0.1) is 17.7 Å². The van der Waals surface area contributed by atoms with Gasteiger partial charge in [-0.25, -0.2) is 0 Å². The molecule has 1 aliphatic heterocycles. The Morgan fingerprint density at radius 3 is 2.67 bits per heavy atom. The maximum Gasteiger partial charge on any atom is 0.241 e. The number of anilines is 1. The number of hydrogen-bond donors (Lipinski definition) is 2. The molecule has 0 aromatic heterocycles. The van der Waals surface area contributed by atoms with Crippen molar-refractivity contribution in [2.45, 2.75) is 32.7 Å². The minimum absolute atomic E-state index is 0. The predicted molar refractivity (Wildman–Crippen MR) is 99.2 cm³/mol. The first-order valence-corrected chi connectivity index (χ1v) is 8.41. The molecule has 2 rings (SSSR count). The summed E-state index contributed by atoms with van der Waals surface area (Å²) in [6, 6.07) is 4.69. The minimum Gasteiger partial charge on any atom is -0.492 e. The van der Waals surface area contributed by atoms with Gasteiger partial charge in [0, 0.05) is 18.9 Å². The van der Waals surface area contributed by atoms with E-state index in [4.69, 9.17) is 26.8 Å². The normalized spacial score (nSPS) is 16.4. The van der Waals surface area contributed by atoms with Gasteiger partial charge >= 0.3 is 0 Å². The van der Waals surface area contributed by atoms with E-state index in [-0.39, 0.29) is 24.2 Å². The third kappa shape index (κ3) is 6.13. The Morgan fingerprint density at radius 1 is 1.42 bits per heavy atom. The molecule has 1 aromatic carbocycles. The van der Waals surface area contributed by atoms with E-state index in [0.29, 0.717) is 42.2 Å². The Labute approximate surface area is 154 Å². The van der Waals surface area contributed by atoms with Crippen LogP contribution < -0.4 is 15.8 Å². The van der Waals surface area contributed by atoms with Crippen molar-refractivity contribution in [2.24, 2.45) is 17.6 Å². The largest absolute Gasteiger partial charge is 0.492 e. The van der Waals surface area contributed by atoms with Gasteiger partial charge in [-0.15, -0.1) is 12.4 Å². The molecule has 0 spiro atoms. The monoisotopic (exact) mass is 376 g/mol. The molecule has 1 atom stereocenters. The fourth-order valence-corrected chi connectivity index (χ4v) is 2.70. The highest BCUT2D eigenvalue weighted by Gasteiger charge is 2.26. The Morgan fingerprint density at radius 2 is 2.08 bits per heavy atom. The zero-order chi connectivity index (χ0) is 16.8. The van der Waals surface area contributed by atoms with Gasteiger partial charge in [-0.2, -0.15) is 0 Å². The van der Waals surface area contributed by atoms with Crippen LogP contribution >= 0.6 is 24.0 Å². The molecule has 0 aliphatic carbocycles. The highest BCUT2D eigenvalue weighted by atomic mass is 35.5. The van der Waals surface area contributed by atoms with E-state index in [0.717, 1.165) is 12.8 Å². The fourth-order valence-electron chi connectivity index (χ4n) is 2.47. The molecule has 1 unspecified atom stereocenters. The van der Waals surface area contributed by atoms with Gasteiger partial charge in [-0.1, -0.05) is 25.4 Å². The van der Waals surface area contributed by atoms with Crippen molar-refractivity contribution in [3.63, 3.8) is 0 Å². The van der Waals surface area contributed by atoms with E-state index in [1.165, 1.54) is 0 Å². The summed E-state index contributed by atoms with van der Waals surface area (Å²) in [7, 11) is 0. The van der Waals surface area contributed by atoms with Gasteiger partial charge in [-0.3, -0.25) is 4.79 Å². The van der Waals surface area contributed by atoms with E-state index < -0.39 is 6.04 Å². The van der Waals surface area contributed by atoms with E-state index in [9.17, 15) is 4.79 Å². The third-order valence-electron chi connectivity index (χ3n) is 3.85. The summed E-state index contributed by atoms with van der Waals surface area (Å²) in [6.07, 6.45) is 1.63. The van der Waals surface area contributed by atoms with Crippen molar-refractivity contribution in [3.05, 3.63) is 23.2 Å². The van der Waals surface area contributed by atoms with E-state index in [2.05, 4.69) is 19.2 Å². The van der Waals surface area contributed by atoms with E-state index in [1.807, 2.05) is 0 Å². The quantitative estimate of drug-likeness (QED) is 0.796. The van der Waals surface area contributed by atoms with E-state index in [1.54, 1.807) is 18.2 Å². The molecule has 0 saturated carbocycles. The molecule has 1 aromatic rings. The van der Waals surface area contributed by atoms with Crippen LogP contribution in [-0.4, -0.2) is 31.8 Å². The van der Waals surface area contributed by atoms with Crippen LogP contribution in [0, 0.1) is 11.8 Å². The zero-order valence-electron chi connectivity index (χ0n) is 14.1. The topological polar surface area (TPSA) is 73.6 Å². The van der Waals surface area contributed by atoms with Crippen LogP contribution in [0.1, 0.15) is 26.7 Å². The van der Waals surface area contributed by atoms with Crippen LogP contribution in [0.5, 0.6) is 5.75 Å². The number of carbonyl (C=O) groups is 1. The van der Waals surface area contributed by atoms with Gasteiger partial charge in [0.25, 0.3) is 0 Å². The van der Waals surface area contributed by atoms with Crippen LogP contribution in [-0.2, 0) is 9.53 Å². The molecule has 0 radical (unpaired) electrons. The first-order chi connectivity index (χ1) is 11.0. The molecule has 1 saturated heterocycles. The molecule has 3 N–H and O–H groups in total. The number of rotatable bonds is 6. The Kier molecular flexibility index (Phi) is 8.84. The van der Waals surface area contributed by atoms with E-state index >= 15 is 0 Å². The number of amides is 1. The van der Waals surface area contributed by atoms with Crippen LogP contribution in [0.3, 0.4) is 0 Å². The molecule has 1 heterocycles. The maximum absolute atomic E-state index is 12.3. The van der Waals surface area contributed by atoms with Crippen LogP contribution in [0.25, 0.3) is 0 Å². The number of ether oxygens (including phenoxy) is 2. The number of nitrogens with two attached hydrogens (primary N) is 1. The summed E-state index contributed by atoms with van der Waals surface area (Å²) in [4.78, 5) is 12.3. The van der Waals surface area contributed by atoms with Crippen molar-refractivity contribution < 1.29 is 14.3 Å². The Balaban J connectivity index is 0.00000288. The molecular formula is C17H26Cl2N2O3. The lowest BCUT2D eigenvalue weighted by Gasteiger charge is -2.26. The number of halogens is 2. The fraction of sp³-hybridized carbons (Fsp3) is 0.588. The second-order valence-corrected chi connectivity index (χ2v) is 6.72. The lowest BCUT2D eigenvalue weighted by atomic mass is 9.92. The predicted octanol–water partition coefficient (Wildman–Crippen LogP) is 3.49. The summed E-state index contributed by atoms with van der Waals surface area (Å²) in [5.74, 6) is 1.01. The number of carbonyl (C=O) groups excluding carboxylic acids is 1. The maximum atomic E-state index is 12.3. The van der Waals surface area contributed by atoms with Gasteiger partial charge < -0.3 is 20.5 Å². The molecule has 0 bridgehead atoms. The SMILES string of the molecule is CC(C)COc1ccc(NC(=O)C(N)C2CCOCC2)cc1Cl.Cl. The lowest BCUT2D eigenvalue weighted by molar-refractivity contribution is -0.119. The summed E-state index contributed by atoms with van der Waals surface area (Å²) in [5.41, 5.74) is 6.69. The average Bonchev–Trinajstić information content (AvgIpc) is 2.54. The second kappa shape index (κ2) is 10.1. The second-order valence-electron chi connectivity index (χ2n) is 6.31. The molecule has 1 aliphatic rings.